The van der Waals surface area contributed by atoms with Crippen molar-refractivity contribution in [1.82, 2.24) is 10.2 Å². The molecule has 1 N–H and O–H groups in total. The number of amides is 2. The summed E-state index contributed by atoms with van der Waals surface area (Å²) < 4.78 is 0. The van der Waals surface area contributed by atoms with Crippen molar-refractivity contribution in [3.8, 4) is 0 Å². The molecule has 0 aliphatic rings. The largest absolute Gasteiger partial charge is 0.354 e. The van der Waals surface area contributed by atoms with Crippen LogP contribution in [0.25, 0.3) is 0 Å². The summed E-state index contributed by atoms with van der Waals surface area (Å²) >= 11 is 6.11. The molecule has 38 heavy (non-hydrogen) atoms. The number of hydrogen-bond acceptors (Lipinski definition) is 2. The standard InChI is InChI=1S/C33H33ClN2O2/c34-30-19-16-29(17-20-30)25-36(32(37)21-18-26-10-4-1-5-11-26)31(24-28-14-8-3-9-15-28)33(38)35-23-22-27-12-6-2-7-13-27/h1-17,19-20,31H,18,21-25H2,(H,35,38)/t31-/m0/s1. The maximum Gasteiger partial charge on any atom is 0.243 e. The predicted molar refractivity (Wildman–Crippen MR) is 154 cm³/mol. The van der Waals surface area contributed by atoms with Gasteiger partial charge in [0.25, 0.3) is 0 Å². The van der Waals surface area contributed by atoms with E-state index < -0.39 is 6.04 Å². The number of nitrogens with one attached hydrogen (secondary N) is 1. The maximum absolute atomic E-state index is 13.7. The van der Waals surface area contributed by atoms with E-state index in [9.17, 15) is 9.59 Å². The Morgan fingerprint density at radius 3 is 1.76 bits per heavy atom. The van der Waals surface area contributed by atoms with Gasteiger partial charge in [-0.15, -0.1) is 0 Å². The fourth-order valence-electron chi connectivity index (χ4n) is 4.47. The third kappa shape index (κ3) is 8.32. The second-order valence-corrected chi connectivity index (χ2v) is 9.80. The molecular weight excluding hydrogens is 492 g/mol. The fraction of sp³-hybridized carbons (Fsp3) is 0.212. The van der Waals surface area contributed by atoms with Crippen LogP contribution >= 0.6 is 11.6 Å². The second-order valence-electron chi connectivity index (χ2n) is 9.37. The number of nitrogens with zero attached hydrogens (tertiary/aromatic N) is 1. The van der Waals surface area contributed by atoms with Crippen molar-refractivity contribution in [2.24, 2.45) is 0 Å². The molecule has 0 aromatic heterocycles. The first-order chi connectivity index (χ1) is 18.6. The molecule has 5 heteroatoms. The fourth-order valence-corrected chi connectivity index (χ4v) is 4.60. The van der Waals surface area contributed by atoms with E-state index in [-0.39, 0.29) is 11.8 Å². The van der Waals surface area contributed by atoms with E-state index in [0.717, 1.165) is 28.7 Å². The summed E-state index contributed by atoms with van der Waals surface area (Å²) in [7, 11) is 0. The van der Waals surface area contributed by atoms with Gasteiger partial charge in [-0.3, -0.25) is 9.59 Å². The van der Waals surface area contributed by atoms with E-state index >= 15 is 0 Å². The van der Waals surface area contributed by atoms with Gasteiger partial charge in [0, 0.05) is 31.0 Å². The molecule has 0 aliphatic heterocycles. The quantitative estimate of drug-likeness (QED) is 0.237. The molecule has 0 saturated carbocycles. The van der Waals surface area contributed by atoms with Crippen LogP contribution in [0.1, 0.15) is 28.7 Å². The van der Waals surface area contributed by atoms with Crippen LogP contribution in [-0.4, -0.2) is 29.3 Å². The van der Waals surface area contributed by atoms with Crippen LogP contribution in [0.4, 0.5) is 0 Å². The second kappa shape index (κ2) is 14.2. The summed E-state index contributed by atoms with van der Waals surface area (Å²) in [6.45, 7) is 0.829. The van der Waals surface area contributed by atoms with E-state index in [0.29, 0.717) is 37.4 Å². The van der Waals surface area contributed by atoms with Gasteiger partial charge in [0.1, 0.15) is 6.04 Å². The van der Waals surface area contributed by atoms with Crippen molar-refractivity contribution in [3.05, 3.63) is 143 Å². The maximum atomic E-state index is 13.7. The van der Waals surface area contributed by atoms with Gasteiger partial charge in [-0.05, 0) is 47.2 Å². The average molecular weight is 525 g/mol. The highest BCUT2D eigenvalue weighted by molar-refractivity contribution is 6.30. The van der Waals surface area contributed by atoms with Crippen LogP contribution in [0.5, 0.6) is 0 Å². The van der Waals surface area contributed by atoms with Crippen LogP contribution in [0, 0.1) is 0 Å². The normalized spacial score (nSPS) is 11.5. The highest BCUT2D eigenvalue weighted by atomic mass is 35.5. The van der Waals surface area contributed by atoms with E-state index in [1.54, 1.807) is 4.90 Å². The molecule has 0 heterocycles. The predicted octanol–water partition coefficient (Wildman–Crippen LogP) is 6.27. The minimum atomic E-state index is -0.646. The molecule has 4 aromatic rings. The SMILES string of the molecule is O=C(NCCc1ccccc1)[C@H](Cc1ccccc1)N(Cc1ccc(Cl)cc1)C(=O)CCc1ccccc1. The van der Waals surface area contributed by atoms with Crippen molar-refractivity contribution in [2.75, 3.05) is 6.54 Å². The minimum Gasteiger partial charge on any atom is -0.354 e. The summed E-state index contributed by atoms with van der Waals surface area (Å²) in [4.78, 5) is 29.1. The van der Waals surface area contributed by atoms with Gasteiger partial charge < -0.3 is 10.2 Å². The van der Waals surface area contributed by atoms with Crippen molar-refractivity contribution in [2.45, 2.75) is 38.3 Å². The molecule has 0 radical (unpaired) electrons. The summed E-state index contributed by atoms with van der Waals surface area (Å²) in [5, 5.41) is 3.74. The summed E-state index contributed by atoms with van der Waals surface area (Å²) in [5.41, 5.74) is 4.19. The molecule has 2 amide bonds. The molecule has 0 fully saturated rings. The van der Waals surface area contributed by atoms with Crippen molar-refractivity contribution >= 4 is 23.4 Å². The molecule has 0 spiro atoms. The van der Waals surface area contributed by atoms with Crippen molar-refractivity contribution in [3.63, 3.8) is 0 Å². The zero-order chi connectivity index (χ0) is 26.6. The highest BCUT2D eigenvalue weighted by Gasteiger charge is 2.30. The van der Waals surface area contributed by atoms with Gasteiger partial charge in [-0.25, -0.2) is 0 Å². The Bertz CT molecular complexity index is 1280. The number of hydrogen-bond donors (Lipinski definition) is 1. The monoisotopic (exact) mass is 524 g/mol. The number of aryl methyl sites for hydroxylation is 1. The third-order valence-corrected chi connectivity index (χ3v) is 6.82. The van der Waals surface area contributed by atoms with Crippen LogP contribution in [0.2, 0.25) is 5.02 Å². The van der Waals surface area contributed by atoms with Gasteiger partial charge in [-0.2, -0.15) is 0 Å². The highest BCUT2D eigenvalue weighted by Crippen LogP contribution is 2.18. The number of rotatable bonds is 12. The van der Waals surface area contributed by atoms with Crippen LogP contribution < -0.4 is 5.32 Å². The molecule has 1 atom stereocenters. The Morgan fingerprint density at radius 2 is 1.18 bits per heavy atom. The minimum absolute atomic E-state index is 0.0528. The lowest BCUT2D eigenvalue weighted by molar-refractivity contribution is -0.141. The Kier molecular flexibility index (Phi) is 10.1. The van der Waals surface area contributed by atoms with Gasteiger partial charge in [0.05, 0.1) is 0 Å². The molecule has 4 aromatic carbocycles. The average Bonchev–Trinajstić information content (AvgIpc) is 2.96. The summed E-state index contributed by atoms with van der Waals surface area (Å²) in [6.07, 6.45) is 2.09. The Balaban J connectivity index is 1.56. The van der Waals surface area contributed by atoms with Crippen LogP contribution in [-0.2, 0) is 35.4 Å². The zero-order valence-electron chi connectivity index (χ0n) is 21.4. The smallest absolute Gasteiger partial charge is 0.243 e. The summed E-state index contributed by atoms with van der Waals surface area (Å²) in [5.74, 6) is -0.199. The van der Waals surface area contributed by atoms with Crippen LogP contribution in [0.3, 0.4) is 0 Å². The Labute approximate surface area is 230 Å². The van der Waals surface area contributed by atoms with E-state index in [2.05, 4.69) is 5.32 Å². The lowest BCUT2D eigenvalue weighted by Gasteiger charge is -2.32. The number of carbonyl (C=O) groups excluding carboxylic acids is 2. The molecule has 4 nitrogen and oxygen atoms in total. The third-order valence-electron chi connectivity index (χ3n) is 6.56. The first kappa shape index (κ1) is 27.2. The molecule has 4 rings (SSSR count). The van der Waals surface area contributed by atoms with Gasteiger partial charge in [0.15, 0.2) is 0 Å². The van der Waals surface area contributed by atoms with E-state index in [4.69, 9.17) is 11.6 Å². The number of halogens is 1. The number of benzene rings is 4. The van der Waals surface area contributed by atoms with Crippen molar-refractivity contribution < 1.29 is 9.59 Å². The molecule has 194 valence electrons. The van der Waals surface area contributed by atoms with Crippen molar-refractivity contribution in [1.29, 1.82) is 0 Å². The van der Waals surface area contributed by atoms with Gasteiger partial charge in [0.2, 0.25) is 11.8 Å². The first-order valence-electron chi connectivity index (χ1n) is 13.0. The lowest BCUT2D eigenvalue weighted by Crippen LogP contribution is -2.50. The molecule has 0 unspecified atom stereocenters. The van der Waals surface area contributed by atoms with Crippen LogP contribution in [0.15, 0.2) is 115 Å². The zero-order valence-corrected chi connectivity index (χ0v) is 22.2. The van der Waals surface area contributed by atoms with Gasteiger partial charge >= 0.3 is 0 Å². The molecule has 0 aliphatic carbocycles. The lowest BCUT2D eigenvalue weighted by atomic mass is 10.0. The molecule has 0 saturated heterocycles. The first-order valence-corrected chi connectivity index (χ1v) is 13.4. The topological polar surface area (TPSA) is 49.4 Å². The molecular formula is C33H33ClN2O2. The number of carbonyl (C=O) groups is 2. The Hall–Kier alpha value is -3.89. The van der Waals surface area contributed by atoms with Gasteiger partial charge in [-0.1, -0.05) is 115 Å². The van der Waals surface area contributed by atoms with E-state index in [1.807, 2.05) is 115 Å². The van der Waals surface area contributed by atoms with E-state index in [1.165, 1.54) is 0 Å². The Morgan fingerprint density at radius 1 is 0.658 bits per heavy atom. The summed E-state index contributed by atoms with van der Waals surface area (Å²) in [6, 6.07) is 36.7. The molecule has 0 bridgehead atoms.